The first-order chi connectivity index (χ1) is 9.72. The molecule has 0 atom stereocenters. The molecule has 1 aliphatic rings. The van der Waals surface area contributed by atoms with E-state index in [1.165, 1.54) is 32.1 Å². The maximum Gasteiger partial charge on any atom is 0.224 e. The van der Waals surface area contributed by atoms with Crippen LogP contribution in [0.1, 0.15) is 52.4 Å². The molecule has 0 spiro atoms. The fraction of sp³-hybridized carbons (Fsp3) is 0.733. The van der Waals surface area contributed by atoms with Gasteiger partial charge in [-0.15, -0.1) is 0 Å². The summed E-state index contributed by atoms with van der Waals surface area (Å²) in [5, 5.41) is 6.80. The molecule has 20 heavy (non-hydrogen) atoms. The zero-order valence-corrected chi connectivity index (χ0v) is 14.0. The monoisotopic (exact) mass is 340 g/mol. The van der Waals surface area contributed by atoms with Crippen LogP contribution in [0.25, 0.3) is 0 Å². The third-order valence-electron chi connectivity index (χ3n) is 4.04. The Morgan fingerprint density at radius 1 is 1.25 bits per heavy atom. The van der Waals surface area contributed by atoms with Gasteiger partial charge in [0.1, 0.15) is 5.82 Å². The van der Waals surface area contributed by atoms with Crippen LogP contribution in [0.2, 0.25) is 0 Å². The maximum absolute atomic E-state index is 4.56. The van der Waals surface area contributed by atoms with Crippen LogP contribution in [0.5, 0.6) is 0 Å². The molecule has 2 N–H and O–H groups in total. The minimum Gasteiger partial charge on any atom is -0.366 e. The van der Waals surface area contributed by atoms with Crippen LogP contribution in [-0.2, 0) is 0 Å². The van der Waals surface area contributed by atoms with E-state index in [1.807, 2.05) is 6.20 Å². The van der Waals surface area contributed by atoms with Gasteiger partial charge in [0.2, 0.25) is 5.95 Å². The number of anilines is 2. The van der Waals surface area contributed by atoms with Gasteiger partial charge in [0.25, 0.3) is 0 Å². The van der Waals surface area contributed by atoms with Gasteiger partial charge in [-0.05, 0) is 54.0 Å². The van der Waals surface area contributed by atoms with E-state index in [2.05, 4.69) is 50.4 Å². The van der Waals surface area contributed by atoms with E-state index in [9.17, 15) is 0 Å². The van der Waals surface area contributed by atoms with Crippen LogP contribution in [0, 0.1) is 5.92 Å². The van der Waals surface area contributed by atoms with Gasteiger partial charge in [0.15, 0.2) is 0 Å². The number of hydrogen-bond donors (Lipinski definition) is 2. The summed E-state index contributed by atoms with van der Waals surface area (Å²) in [6.07, 6.45) is 9.36. The van der Waals surface area contributed by atoms with E-state index >= 15 is 0 Å². The molecule has 0 bridgehead atoms. The lowest BCUT2D eigenvalue weighted by Gasteiger charge is -2.29. The SMILES string of the molecule is CCCNc1ncc(Br)c(NC2CCC(CC)CC2)n1. The van der Waals surface area contributed by atoms with E-state index in [0.717, 1.165) is 29.2 Å². The van der Waals surface area contributed by atoms with Crippen molar-refractivity contribution in [1.82, 2.24) is 9.97 Å². The molecular formula is C15H25BrN4. The highest BCUT2D eigenvalue weighted by atomic mass is 79.9. The van der Waals surface area contributed by atoms with Gasteiger partial charge < -0.3 is 10.6 Å². The molecule has 0 aromatic carbocycles. The van der Waals surface area contributed by atoms with Gasteiger partial charge in [0, 0.05) is 18.8 Å². The molecule has 0 saturated heterocycles. The lowest BCUT2D eigenvalue weighted by Crippen LogP contribution is -2.26. The van der Waals surface area contributed by atoms with E-state index in [0.29, 0.717) is 12.0 Å². The molecule has 1 aromatic rings. The van der Waals surface area contributed by atoms with Gasteiger partial charge >= 0.3 is 0 Å². The second-order valence-electron chi connectivity index (χ2n) is 5.59. The van der Waals surface area contributed by atoms with E-state index < -0.39 is 0 Å². The Kier molecular flexibility index (Phi) is 6.07. The zero-order chi connectivity index (χ0) is 14.4. The van der Waals surface area contributed by atoms with E-state index in [1.54, 1.807) is 0 Å². The highest BCUT2D eigenvalue weighted by molar-refractivity contribution is 9.10. The minimum absolute atomic E-state index is 0.544. The van der Waals surface area contributed by atoms with Crippen molar-refractivity contribution in [2.75, 3.05) is 17.2 Å². The van der Waals surface area contributed by atoms with E-state index in [4.69, 9.17) is 0 Å². The highest BCUT2D eigenvalue weighted by Crippen LogP contribution is 2.30. The summed E-state index contributed by atoms with van der Waals surface area (Å²) in [6.45, 7) is 5.34. The van der Waals surface area contributed by atoms with Crippen molar-refractivity contribution in [3.8, 4) is 0 Å². The van der Waals surface area contributed by atoms with Crippen LogP contribution >= 0.6 is 15.9 Å². The first-order valence-electron chi connectivity index (χ1n) is 7.75. The Morgan fingerprint density at radius 3 is 2.65 bits per heavy atom. The second kappa shape index (κ2) is 7.81. The fourth-order valence-electron chi connectivity index (χ4n) is 2.70. The molecule has 5 heteroatoms. The number of aromatic nitrogens is 2. The van der Waals surface area contributed by atoms with Crippen molar-refractivity contribution in [1.29, 1.82) is 0 Å². The lowest BCUT2D eigenvalue weighted by molar-refractivity contribution is 0.330. The van der Waals surface area contributed by atoms with Gasteiger partial charge in [-0.25, -0.2) is 4.98 Å². The number of nitrogens with one attached hydrogen (secondary N) is 2. The average molecular weight is 341 g/mol. The Balaban J connectivity index is 1.94. The summed E-state index contributed by atoms with van der Waals surface area (Å²) in [7, 11) is 0. The number of halogens is 1. The summed E-state index contributed by atoms with van der Waals surface area (Å²) in [4.78, 5) is 8.85. The fourth-order valence-corrected chi connectivity index (χ4v) is 3.00. The van der Waals surface area contributed by atoms with Crippen molar-refractivity contribution in [2.45, 2.75) is 58.4 Å². The van der Waals surface area contributed by atoms with Crippen molar-refractivity contribution in [3.63, 3.8) is 0 Å². The Labute approximate surface area is 130 Å². The van der Waals surface area contributed by atoms with Gasteiger partial charge in [-0.2, -0.15) is 4.98 Å². The van der Waals surface area contributed by atoms with Crippen molar-refractivity contribution >= 4 is 27.7 Å². The topological polar surface area (TPSA) is 49.8 Å². The summed E-state index contributed by atoms with van der Waals surface area (Å²) >= 11 is 3.54. The van der Waals surface area contributed by atoms with Gasteiger partial charge in [-0.1, -0.05) is 20.3 Å². The third-order valence-corrected chi connectivity index (χ3v) is 4.62. The molecule has 4 nitrogen and oxygen atoms in total. The van der Waals surface area contributed by atoms with Gasteiger partial charge in [-0.3, -0.25) is 0 Å². The molecule has 0 amide bonds. The van der Waals surface area contributed by atoms with Crippen LogP contribution in [0.4, 0.5) is 11.8 Å². The normalized spacial score (nSPS) is 22.6. The molecule has 1 fully saturated rings. The van der Waals surface area contributed by atoms with Crippen LogP contribution in [0.15, 0.2) is 10.7 Å². The number of nitrogens with zero attached hydrogens (tertiary/aromatic N) is 2. The van der Waals surface area contributed by atoms with Crippen LogP contribution < -0.4 is 10.6 Å². The smallest absolute Gasteiger partial charge is 0.224 e. The maximum atomic E-state index is 4.56. The Hall–Kier alpha value is -0.840. The van der Waals surface area contributed by atoms with Crippen molar-refractivity contribution in [3.05, 3.63) is 10.7 Å². The molecule has 2 rings (SSSR count). The summed E-state index contributed by atoms with van der Waals surface area (Å²) in [5.74, 6) is 2.54. The predicted molar refractivity (Wildman–Crippen MR) is 88.2 cm³/mol. The molecule has 1 saturated carbocycles. The second-order valence-corrected chi connectivity index (χ2v) is 6.44. The number of rotatable bonds is 6. The molecule has 1 aromatic heterocycles. The molecular weight excluding hydrogens is 316 g/mol. The molecule has 112 valence electrons. The average Bonchev–Trinajstić information content (AvgIpc) is 2.49. The summed E-state index contributed by atoms with van der Waals surface area (Å²) in [5.41, 5.74) is 0. The van der Waals surface area contributed by atoms with Crippen molar-refractivity contribution in [2.24, 2.45) is 5.92 Å². The van der Waals surface area contributed by atoms with Gasteiger partial charge in [0.05, 0.1) is 4.47 Å². The largest absolute Gasteiger partial charge is 0.366 e. The highest BCUT2D eigenvalue weighted by Gasteiger charge is 2.20. The lowest BCUT2D eigenvalue weighted by atomic mass is 9.84. The first kappa shape index (κ1) is 15.5. The molecule has 0 radical (unpaired) electrons. The molecule has 0 aliphatic heterocycles. The molecule has 1 heterocycles. The Bertz CT molecular complexity index is 416. The number of hydrogen-bond acceptors (Lipinski definition) is 4. The minimum atomic E-state index is 0.544. The van der Waals surface area contributed by atoms with Crippen LogP contribution in [0.3, 0.4) is 0 Å². The Morgan fingerprint density at radius 2 is 2.00 bits per heavy atom. The molecule has 0 unspecified atom stereocenters. The summed E-state index contributed by atoms with van der Waals surface area (Å²) in [6, 6.07) is 0.544. The third kappa shape index (κ3) is 4.33. The van der Waals surface area contributed by atoms with Crippen LogP contribution in [-0.4, -0.2) is 22.6 Å². The summed E-state index contributed by atoms with van der Waals surface area (Å²) < 4.78 is 0.942. The van der Waals surface area contributed by atoms with E-state index in [-0.39, 0.29) is 0 Å². The molecule has 1 aliphatic carbocycles. The zero-order valence-electron chi connectivity index (χ0n) is 12.5. The first-order valence-corrected chi connectivity index (χ1v) is 8.55. The predicted octanol–water partition coefficient (Wildman–Crippen LogP) is 4.44. The quantitative estimate of drug-likeness (QED) is 0.803. The standard InChI is InChI=1S/C15H25BrN4/c1-3-9-17-15-18-10-13(16)14(20-15)19-12-7-5-11(4-2)6-8-12/h10-12H,3-9H2,1-2H3,(H2,17,18,19,20). The van der Waals surface area contributed by atoms with Crippen molar-refractivity contribution < 1.29 is 0 Å².